The summed E-state index contributed by atoms with van der Waals surface area (Å²) < 4.78 is 96.6. The standard InChI is InChI=1S/C23H52O14Si8.C10H20O2/c1-11-23(9,10)22(24)25-20-19-21-45-35-42(16-6)29-39(13-3)26-38(12-2)27-40(14-4,31-42)33-44(18-8,37-45)34-41(15-5,28-38)32-43(17-7,30-39)36-45;1-7-10(5,6)8(11)12-9(2,3)4/h11-21H2,1-10H3;7H2,1-6H3. The Hall–Kier alpha value is 0.195. The molecule has 16 nitrogen and oxygen atoms in total. The van der Waals surface area contributed by atoms with E-state index >= 15 is 0 Å². The van der Waals surface area contributed by atoms with Crippen LogP contribution in [0.15, 0.2) is 0 Å². The predicted molar refractivity (Wildman–Crippen MR) is 227 cm³/mol. The van der Waals surface area contributed by atoms with Gasteiger partial charge in [-0.3, -0.25) is 9.59 Å². The highest BCUT2D eigenvalue weighted by Gasteiger charge is 2.82. The fourth-order valence-electron chi connectivity index (χ4n) is 6.37. The van der Waals surface area contributed by atoms with Crippen LogP contribution in [0.5, 0.6) is 0 Å². The number of ether oxygens (including phenoxy) is 2. The Morgan fingerprint density at radius 3 is 0.877 bits per heavy atom. The van der Waals surface area contributed by atoms with Crippen molar-refractivity contribution in [3.05, 3.63) is 0 Å². The van der Waals surface area contributed by atoms with Gasteiger partial charge in [-0.15, -0.1) is 0 Å². The zero-order valence-electron chi connectivity index (χ0n) is 37.5. The van der Waals surface area contributed by atoms with Crippen molar-refractivity contribution in [3.63, 3.8) is 0 Å². The van der Waals surface area contributed by atoms with Crippen LogP contribution in [0, 0.1) is 10.8 Å². The quantitative estimate of drug-likeness (QED) is 0.0880. The second-order valence-electron chi connectivity index (χ2n) is 17.4. The van der Waals surface area contributed by atoms with Crippen molar-refractivity contribution in [3.8, 4) is 0 Å². The molecule has 6 heterocycles. The molecule has 0 N–H and O–H groups in total. The van der Waals surface area contributed by atoms with Crippen LogP contribution in [-0.2, 0) is 68.4 Å². The molecule has 6 fully saturated rings. The van der Waals surface area contributed by atoms with E-state index in [1.165, 1.54) is 0 Å². The van der Waals surface area contributed by atoms with E-state index in [2.05, 4.69) is 0 Å². The lowest BCUT2D eigenvalue weighted by molar-refractivity contribution is -0.165. The van der Waals surface area contributed by atoms with E-state index < -0.39 is 75.9 Å². The van der Waals surface area contributed by atoms with Crippen molar-refractivity contribution < 1.29 is 68.4 Å². The molecular weight excluding hydrogens is 877 g/mol. The van der Waals surface area contributed by atoms with Crippen molar-refractivity contribution in [2.75, 3.05) is 6.61 Å². The lowest BCUT2D eigenvalue weighted by Crippen LogP contribution is -2.88. The number of carbonyl (C=O) groups excluding carboxylic acids is 2. The number of hydrogen-bond acceptors (Lipinski definition) is 16. The third-order valence-corrected chi connectivity index (χ3v) is 47.8. The summed E-state index contributed by atoms with van der Waals surface area (Å²) in [7, 11) is -29.7. The molecule has 0 aromatic rings. The van der Waals surface area contributed by atoms with Crippen molar-refractivity contribution in [2.24, 2.45) is 10.8 Å². The monoisotopic (exact) mass is 948 g/mol. The second-order valence-corrected chi connectivity index (χ2v) is 43.6. The zero-order valence-corrected chi connectivity index (χ0v) is 45.5. The molecule has 332 valence electrons. The Labute approximate surface area is 350 Å². The first-order valence-electron chi connectivity index (χ1n) is 21.1. The van der Waals surface area contributed by atoms with Gasteiger partial charge in [-0.25, -0.2) is 0 Å². The molecular formula is C33H72O16Si8. The normalized spacial score (nSPS) is 38.9. The lowest BCUT2D eigenvalue weighted by Gasteiger charge is -2.63. The summed E-state index contributed by atoms with van der Waals surface area (Å²) >= 11 is 0. The lowest BCUT2D eigenvalue weighted by atomic mass is 9.90. The molecule has 0 spiro atoms. The average Bonchev–Trinajstić information content (AvgIpc) is 3.12. The highest BCUT2D eigenvalue weighted by Crippen LogP contribution is 2.53. The van der Waals surface area contributed by atoms with Gasteiger partial charge in [-0.1, -0.05) is 62.3 Å². The summed E-state index contributed by atoms with van der Waals surface area (Å²) in [5, 5.41) is 0. The Morgan fingerprint density at radius 1 is 0.404 bits per heavy atom. The van der Waals surface area contributed by atoms with Crippen LogP contribution < -0.4 is 0 Å². The van der Waals surface area contributed by atoms with Crippen molar-refractivity contribution >= 4 is 82.4 Å². The molecule has 0 radical (unpaired) electrons. The summed E-state index contributed by atoms with van der Waals surface area (Å²) in [5.74, 6) is -0.367. The van der Waals surface area contributed by atoms with Gasteiger partial charge in [-0.2, -0.15) is 0 Å². The third-order valence-electron chi connectivity index (χ3n) is 10.9. The minimum Gasteiger partial charge on any atom is -0.465 e. The Balaban J connectivity index is 0.000000519. The summed E-state index contributed by atoms with van der Waals surface area (Å²) in [6.45, 7) is 31.1. The van der Waals surface area contributed by atoms with Crippen LogP contribution in [0.4, 0.5) is 0 Å². The Morgan fingerprint density at radius 2 is 0.649 bits per heavy atom. The predicted octanol–water partition coefficient (Wildman–Crippen LogP) is 8.04. The van der Waals surface area contributed by atoms with E-state index in [1.807, 2.05) is 111 Å². The summed E-state index contributed by atoms with van der Waals surface area (Å²) in [6, 6.07) is 3.09. The fourth-order valence-corrected chi connectivity index (χ4v) is 56.0. The summed E-state index contributed by atoms with van der Waals surface area (Å²) in [6.07, 6.45) is 1.88. The molecule has 6 aliphatic rings. The van der Waals surface area contributed by atoms with Crippen LogP contribution in [0.25, 0.3) is 0 Å². The third kappa shape index (κ3) is 10.7. The highest BCUT2D eigenvalue weighted by atomic mass is 28.6. The fraction of sp³-hybridized carbons (Fsp3) is 0.939. The smallest absolute Gasteiger partial charge is 0.465 e. The van der Waals surface area contributed by atoms with Gasteiger partial charge in [0.15, 0.2) is 0 Å². The van der Waals surface area contributed by atoms with Gasteiger partial charge in [0.1, 0.15) is 5.60 Å². The first kappa shape index (κ1) is 49.8. The minimum absolute atomic E-state index is 0.113. The molecule has 0 saturated carbocycles. The van der Waals surface area contributed by atoms with Crippen LogP contribution >= 0.6 is 0 Å². The molecule has 24 heteroatoms. The molecule has 8 bridgehead atoms. The highest BCUT2D eigenvalue weighted by molar-refractivity contribution is 7.03. The summed E-state index contributed by atoms with van der Waals surface area (Å²) in [5.41, 5.74) is -1.31. The molecule has 0 amide bonds. The number of carbonyl (C=O) groups is 2. The zero-order chi connectivity index (χ0) is 43.0. The van der Waals surface area contributed by atoms with E-state index in [0.717, 1.165) is 6.42 Å². The number of hydrogen-bond donors (Lipinski definition) is 0. The molecule has 6 saturated heterocycles. The van der Waals surface area contributed by atoms with Gasteiger partial charge in [0, 0.05) is 48.4 Å². The van der Waals surface area contributed by atoms with Gasteiger partial charge in [0.25, 0.3) is 0 Å². The first-order valence-corrected chi connectivity index (χ1v) is 36.6. The van der Waals surface area contributed by atoms with E-state index in [0.29, 0.717) is 55.2 Å². The Bertz CT molecular complexity index is 1310. The molecule has 57 heavy (non-hydrogen) atoms. The Kier molecular flexibility index (Phi) is 15.5. The molecule has 0 aliphatic carbocycles. The van der Waals surface area contributed by atoms with Crippen molar-refractivity contribution in [2.45, 2.75) is 184 Å². The first-order chi connectivity index (χ1) is 26.3. The van der Waals surface area contributed by atoms with Crippen LogP contribution in [0.3, 0.4) is 0 Å². The summed E-state index contributed by atoms with van der Waals surface area (Å²) in [4.78, 5) is 24.3. The molecule has 0 atom stereocenters. The van der Waals surface area contributed by atoms with Crippen LogP contribution in [0.2, 0.25) is 48.4 Å². The maximum Gasteiger partial charge on any atom is 0.479 e. The molecule has 0 aromatic carbocycles. The minimum atomic E-state index is -3.87. The van der Waals surface area contributed by atoms with Crippen LogP contribution in [0.1, 0.15) is 130 Å². The molecule has 6 rings (SSSR count). The topological polar surface area (TPSA) is 163 Å². The van der Waals surface area contributed by atoms with E-state index in [4.69, 9.17) is 58.9 Å². The number of rotatable bonds is 15. The average molecular weight is 950 g/mol. The van der Waals surface area contributed by atoms with Crippen LogP contribution in [-0.4, -0.2) is 94.6 Å². The van der Waals surface area contributed by atoms with Gasteiger partial charge < -0.3 is 58.9 Å². The SMILES string of the molecule is CCC(C)(C)C(=O)OC(C)(C)C.CCC(C)(C)C(=O)OCCC[Si]12O[Si]3(CC)O[Si]4(CC)O[Si]5(CC)O[Si](CC)(O3)O[Si](CC)(O[Si](CC)(O5)O[Si](CC)(O4)O1)O2. The largest absolute Gasteiger partial charge is 0.479 e. The molecule has 0 aromatic heterocycles. The van der Waals surface area contributed by atoms with Gasteiger partial charge >= 0.3 is 82.4 Å². The van der Waals surface area contributed by atoms with E-state index in [1.54, 1.807) is 0 Å². The van der Waals surface area contributed by atoms with E-state index in [9.17, 15) is 9.59 Å². The van der Waals surface area contributed by atoms with E-state index in [-0.39, 0.29) is 35.6 Å². The van der Waals surface area contributed by atoms with Crippen molar-refractivity contribution in [1.82, 2.24) is 0 Å². The molecule has 6 aliphatic heterocycles. The second kappa shape index (κ2) is 17.8. The van der Waals surface area contributed by atoms with Gasteiger partial charge in [-0.05, 0) is 67.7 Å². The maximum absolute atomic E-state index is 12.8. The van der Waals surface area contributed by atoms with Crippen molar-refractivity contribution in [1.29, 1.82) is 0 Å². The molecule has 0 unspecified atom stereocenters. The number of esters is 2. The van der Waals surface area contributed by atoms with Gasteiger partial charge in [0.05, 0.1) is 17.4 Å². The maximum atomic E-state index is 12.8. The van der Waals surface area contributed by atoms with Gasteiger partial charge in [0.2, 0.25) is 0 Å².